The van der Waals surface area contributed by atoms with E-state index in [0.717, 1.165) is 19.4 Å². The monoisotopic (exact) mass is 237 g/mol. The van der Waals surface area contributed by atoms with E-state index in [9.17, 15) is 9.50 Å². The number of aliphatic hydroxyl groups is 1. The van der Waals surface area contributed by atoms with Gasteiger partial charge in [0, 0.05) is 30.7 Å². The molecule has 1 saturated carbocycles. The Kier molecular flexibility index (Phi) is 4.13. The molecule has 0 saturated heterocycles. The second-order valence-corrected chi connectivity index (χ2v) is 5.06. The Morgan fingerprint density at radius 3 is 2.59 bits per heavy atom. The molecule has 1 aliphatic rings. The lowest BCUT2D eigenvalue weighted by Gasteiger charge is -2.26. The molecule has 1 aromatic rings. The van der Waals surface area contributed by atoms with E-state index in [1.165, 1.54) is 18.9 Å². The van der Waals surface area contributed by atoms with Crippen LogP contribution in [0, 0.1) is 11.2 Å². The van der Waals surface area contributed by atoms with Gasteiger partial charge in [-0.2, -0.15) is 0 Å². The highest BCUT2D eigenvalue weighted by Gasteiger charge is 2.32. The molecule has 0 amide bonds. The standard InChI is InChI=1S/C14H20FNO/c15-13-6-2-1-5-12(13)9-16-10-14(11-17)7-3-4-8-14/h1-2,5-6,16-17H,3-4,7-11H2. The first-order chi connectivity index (χ1) is 8.26. The van der Waals surface area contributed by atoms with Crippen molar-refractivity contribution in [3.63, 3.8) is 0 Å². The Bertz CT molecular complexity index is 361. The Hall–Kier alpha value is -0.930. The van der Waals surface area contributed by atoms with Gasteiger partial charge in [0.1, 0.15) is 5.82 Å². The van der Waals surface area contributed by atoms with Crippen LogP contribution in [0.4, 0.5) is 4.39 Å². The Balaban J connectivity index is 1.85. The number of hydrogen-bond acceptors (Lipinski definition) is 2. The van der Waals surface area contributed by atoms with Crippen LogP contribution in [0.3, 0.4) is 0 Å². The van der Waals surface area contributed by atoms with Crippen LogP contribution in [-0.2, 0) is 6.54 Å². The van der Waals surface area contributed by atoms with E-state index in [1.54, 1.807) is 12.1 Å². The fourth-order valence-electron chi connectivity index (χ4n) is 2.62. The van der Waals surface area contributed by atoms with Crippen molar-refractivity contribution in [2.45, 2.75) is 32.2 Å². The first-order valence-electron chi connectivity index (χ1n) is 6.31. The molecule has 0 radical (unpaired) electrons. The van der Waals surface area contributed by atoms with E-state index in [0.29, 0.717) is 12.1 Å². The Labute approximate surface area is 102 Å². The molecule has 1 aliphatic carbocycles. The molecule has 0 atom stereocenters. The van der Waals surface area contributed by atoms with E-state index in [2.05, 4.69) is 5.32 Å². The zero-order chi connectivity index (χ0) is 12.1. The number of hydrogen-bond donors (Lipinski definition) is 2. The molecule has 0 aromatic heterocycles. The lowest BCUT2D eigenvalue weighted by molar-refractivity contribution is 0.128. The van der Waals surface area contributed by atoms with Crippen molar-refractivity contribution in [1.82, 2.24) is 5.32 Å². The maximum absolute atomic E-state index is 13.4. The minimum atomic E-state index is -0.163. The molecule has 0 spiro atoms. The summed E-state index contributed by atoms with van der Waals surface area (Å²) in [6.07, 6.45) is 4.55. The minimum Gasteiger partial charge on any atom is -0.396 e. The largest absolute Gasteiger partial charge is 0.396 e. The normalized spacial score (nSPS) is 18.5. The van der Waals surface area contributed by atoms with Crippen LogP contribution in [0.5, 0.6) is 0 Å². The third kappa shape index (κ3) is 3.05. The maximum atomic E-state index is 13.4. The first-order valence-corrected chi connectivity index (χ1v) is 6.31. The van der Waals surface area contributed by atoms with Crippen molar-refractivity contribution in [3.8, 4) is 0 Å². The highest BCUT2D eigenvalue weighted by atomic mass is 19.1. The van der Waals surface area contributed by atoms with Gasteiger partial charge in [-0.15, -0.1) is 0 Å². The lowest BCUT2D eigenvalue weighted by Crippen LogP contribution is -2.34. The van der Waals surface area contributed by atoms with E-state index in [-0.39, 0.29) is 17.8 Å². The fraction of sp³-hybridized carbons (Fsp3) is 0.571. The molecule has 0 bridgehead atoms. The maximum Gasteiger partial charge on any atom is 0.127 e. The molecule has 94 valence electrons. The quantitative estimate of drug-likeness (QED) is 0.824. The smallest absolute Gasteiger partial charge is 0.127 e. The molecule has 2 N–H and O–H groups in total. The molecule has 0 aliphatic heterocycles. The molecule has 3 heteroatoms. The average molecular weight is 237 g/mol. The second kappa shape index (κ2) is 5.61. The van der Waals surface area contributed by atoms with Crippen LogP contribution >= 0.6 is 0 Å². The van der Waals surface area contributed by atoms with Gasteiger partial charge >= 0.3 is 0 Å². The molecule has 17 heavy (non-hydrogen) atoms. The number of halogens is 1. The van der Waals surface area contributed by atoms with E-state index >= 15 is 0 Å². The van der Waals surface area contributed by atoms with Crippen molar-refractivity contribution >= 4 is 0 Å². The number of aliphatic hydroxyl groups excluding tert-OH is 1. The number of rotatable bonds is 5. The van der Waals surface area contributed by atoms with Gasteiger partial charge in [0.25, 0.3) is 0 Å². The van der Waals surface area contributed by atoms with Crippen LogP contribution in [-0.4, -0.2) is 18.3 Å². The fourth-order valence-corrected chi connectivity index (χ4v) is 2.62. The summed E-state index contributed by atoms with van der Waals surface area (Å²) in [5.41, 5.74) is 0.726. The molecule has 0 unspecified atom stereocenters. The van der Waals surface area contributed by atoms with Crippen molar-refractivity contribution in [3.05, 3.63) is 35.6 Å². The SMILES string of the molecule is OCC1(CNCc2ccccc2F)CCCC1. The van der Waals surface area contributed by atoms with Gasteiger partial charge < -0.3 is 10.4 Å². The summed E-state index contributed by atoms with van der Waals surface area (Å²) in [6, 6.07) is 6.82. The summed E-state index contributed by atoms with van der Waals surface area (Å²) in [5, 5.41) is 12.7. The second-order valence-electron chi connectivity index (χ2n) is 5.06. The van der Waals surface area contributed by atoms with Gasteiger partial charge in [-0.25, -0.2) is 4.39 Å². The van der Waals surface area contributed by atoms with Gasteiger partial charge in [-0.3, -0.25) is 0 Å². The molecule has 1 aromatic carbocycles. The van der Waals surface area contributed by atoms with Crippen LogP contribution < -0.4 is 5.32 Å². The highest BCUT2D eigenvalue weighted by Crippen LogP contribution is 2.36. The van der Waals surface area contributed by atoms with E-state index < -0.39 is 0 Å². The topological polar surface area (TPSA) is 32.3 Å². The van der Waals surface area contributed by atoms with Crippen LogP contribution in [0.25, 0.3) is 0 Å². The summed E-state index contributed by atoms with van der Waals surface area (Å²) in [6.45, 7) is 1.55. The first kappa shape index (κ1) is 12.5. The van der Waals surface area contributed by atoms with Crippen LogP contribution in [0.2, 0.25) is 0 Å². The van der Waals surface area contributed by atoms with Crippen LogP contribution in [0.15, 0.2) is 24.3 Å². The van der Waals surface area contributed by atoms with Crippen molar-refractivity contribution in [1.29, 1.82) is 0 Å². The lowest BCUT2D eigenvalue weighted by atomic mass is 9.87. The van der Waals surface area contributed by atoms with Crippen molar-refractivity contribution in [2.24, 2.45) is 5.41 Å². The summed E-state index contributed by atoms with van der Waals surface area (Å²) >= 11 is 0. The molecule has 1 fully saturated rings. The van der Waals surface area contributed by atoms with E-state index in [4.69, 9.17) is 0 Å². The average Bonchev–Trinajstić information content (AvgIpc) is 2.81. The van der Waals surface area contributed by atoms with E-state index in [1.807, 2.05) is 6.07 Å². The predicted octanol–water partition coefficient (Wildman–Crippen LogP) is 2.47. The molecule has 2 rings (SSSR count). The number of benzene rings is 1. The zero-order valence-corrected chi connectivity index (χ0v) is 10.1. The molecular formula is C14H20FNO. The minimum absolute atomic E-state index is 0.0330. The summed E-state index contributed by atoms with van der Waals surface area (Å²) < 4.78 is 13.4. The molecular weight excluding hydrogens is 217 g/mol. The van der Waals surface area contributed by atoms with Crippen molar-refractivity contribution < 1.29 is 9.50 Å². The van der Waals surface area contributed by atoms with Gasteiger partial charge in [0.15, 0.2) is 0 Å². The van der Waals surface area contributed by atoms with Gasteiger partial charge in [-0.1, -0.05) is 31.0 Å². The number of nitrogens with one attached hydrogen (secondary N) is 1. The van der Waals surface area contributed by atoms with Gasteiger partial charge in [-0.05, 0) is 18.9 Å². The van der Waals surface area contributed by atoms with Crippen LogP contribution in [0.1, 0.15) is 31.2 Å². The predicted molar refractivity (Wildman–Crippen MR) is 66.1 cm³/mol. The zero-order valence-electron chi connectivity index (χ0n) is 10.1. The summed E-state index contributed by atoms with van der Waals surface area (Å²) in [7, 11) is 0. The summed E-state index contributed by atoms with van der Waals surface area (Å²) in [4.78, 5) is 0. The van der Waals surface area contributed by atoms with Crippen molar-refractivity contribution in [2.75, 3.05) is 13.2 Å². The van der Waals surface area contributed by atoms with Gasteiger partial charge in [0.05, 0.1) is 0 Å². The third-order valence-corrected chi connectivity index (χ3v) is 3.77. The Morgan fingerprint density at radius 2 is 1.94 bits per heavy atom. The van der Waals surface area contributed by atoms with Gasteiger partial charge in [0.2, 0.25) is 0 Å². The third-order valence-electron chi connectivity index (χ3n) is 3.77. The highest BCUT2D eigenvalue weighted by molar-refractivity contribution is 5.16. The molecule has 0 heterocycles. The molecule has 2 nitrogen and oxygen atoms in total. The Morgan fingerprint density at radius 1 is 1.24 bits per heavy atom. The summed E-state index contributed by atoms with van der Waals surface area (Å²) in [5.74, 6) is -0.163.